The van der Waals surface area contributed by atoms with Gasteiger partial charge in [0.2, 0.25) is 0 Å². The molecule has 0 unspecified atom stereocenters. The zero-order chi connectivity index (χ0) is 25.5. The van der Waals surface area contributed by atoms with Gasteiger partial charge in [0.05, 0.1) is 23.0 Å². The highest BCUT2D eigenvalue weighted by molar-refractivity contribution is 7.21. The highest BCUT2D eigenvalue weighted by Crippen LogP contribution is 2.41. The molecule has 0 bridgehead atoms. The van der Waals surface area contributed by atoms with E-state index in [1.54, 1.807) is 38.1 Å². The highest BCUT2D eigenvalue weighted by atomic mass is 32.1. The average Bonchev–Trinajstić information content (AvgIpc) is 3.43. The second kappa shape index (κ2) is 11.5. The second-order valence-corrected chi connectivity index (χ2v) is 9.03. The van der Waals surface area contributed by atoms with Crippen LogP contribution in [-0.2, 0) is 9.47 Å². The van der Waals surface area contributed by atoms with Gasteiger partial charge in [-0.25, -0.2) is 14.6 Å². The third kappa shape index (κ3) is 6.16. The Bertz CT molecular complexity index is 1290. The molecule has 0 saturated carbocycles. The molecule has 2 heterocycles. The van der Waals surface area contributed by atoms with Crippen LogP contribution in [0.5, 0.6) is 0 Å². The number of nitro groups is 1. The Morgan fingerprint density at radius 2 is 1.63 bits per heavy atom. The standard InChI is InChI=1S/C23H21N3O7S2/c1-4-32-22(28)17-18(23(29)33-5-2)21(25-19(27)14-8-6-13(3)7-9-14)35-20(17)24-12-15-10-11-16(34-15)26(30)31/h6-12H,4-5H2,1-3H3,(H,25,27). The molecule has 0 saturated heterocycles. The topological polar surface area (TPSA) is 137 Å². The van der Waals surface area contributed by atoms with Crippen molar-refractivity contribution in [2.75, 3.05) is 18.5 Å². The maximum Gasteiger partial charge on any atom is 0.342 e. The molecular formula is C23H21N3O7S2. The summed E-state index contributed by atoms with van der Waals surface area (Å²) in [6.07, 6.45) is 1.34. The molecule has 0 aliphatic carbocycles. The van der Waals surface area contributed by atoms with Crippen molar-refractivity contribution in [3.8, 4) is 0 Å². The van der Waals surface area contributed by atoms with Gasteiger partial charge < -0.3 is 14.8 Å². The molecule has 1 N–H and O–H groups in total. The first-order valence-corrected chi connectivity index (χ1v) is 12.1. The first kappa shape index (κ1) is 25.7. The number of thiophene rings is 2. The molecule has 1 aromatic carbocycles. The number of nitrogens with zero attached hydrogens (tertiary/aromatic N) is 2. The molecule has 1 amide bonds. The van der Waals surface area contributed by atoms with Crippen LogP contribution in [0.4, 0.5) is 15.0 Å². The Balaban J connectivity index is 2.08. The largest absolute Gasteiger partial charge is 0.462 e. The van der Waals surface area contributed by atoms with Crippen LogP contribution >= 0.6 is 22.7 Å². The quantitative estimate of drug-likeness (QED) is 0.175. The van der Waals surface area contributed by atoms with Crippen molar-refractivity contribution >= 4 is 61.7 Å². The summed E-state index contributed by atoms with van der Waals surface area (Å²) < 4.78 is 10.3. The Morgan fingerprint density at radius 1 is 1.00 bits per heavy atom. The smallest absolute Gasteiger partial charge is 0.342 e. The zero-order valence-electron chi connectivity index (χ0n) is 19.0. The summed E-state index contributed by atoms with van der Waals surface area (Å²) >= 11 is 1.79. The van der Waals surface area contributed by atoms with Gasteiger partial charge in [-0.3, -0.25) is 14.9 Å². The van der Waals surface area contributed by atoms with Gasteiger partial charge in [0, 0.05) is 17.8 Å². The van der Waals surface area contributed by atoms with Gasteiger partial charge in [-0.2, -0.15) is 0 Å². The van der Waals surface area contributed by atoms with Gasteiger partial charge in [0.1, 0.15) is 21.1 Å². The lowest BCUT2D eigenvalue weighted by molar-refractivity contribution is -0.380. The number of esters is 2. The van der Waals surface area contributed by atoms with Crippen LogP contribution in [0.3, 0.4) is 0 Å². The van der Waals surface area contributed by atoms with E-state index >= 15 is 0 Å². The maximum atomic E-state index is 12.8. The summed E-state index contributed by atoms with van der Waals surface area (Å²) in [5.41, 5.74) is 1.00. The summed E-state index contributed by atoms with van der Waals surface area (Å²) in [5, 5.41) is 13.7. The lowest BCUT2D eigenvalue weighted by Gasteiger charge is -2.08. The van der Waals surface area contributed by atoms with Gasteiger partial charge in [-0.15, -0.1) is 0 Å². The molecule has 0 aliphatic heterocycles. The zero-order valence-corrected chi connectivity index (χ0v) is 20.7. The maximum absolute atomic E-state index is 12.8. The fourth-order valence-corrected chi connectivity index (χ4v) is 4.61. The van der Waals surface area contributed by atoms with Gasteiger partial charge in [0.15, 0.2) is 0 Å². The number of rotatable bonds is 9. The van der Waals surface area contributed by atoms with E-state index in [0.29, 0.717) is 10.4 Å². The summed E-state index contributed by atoms with van der Waals surface area (Å²) in [6, 6.07) is 9.67. The number of ether oxygens (including phenoxy) is 2. The van der Waals surface area contributed by atoms with Crippen LogP contribution < -0.4 is 5.32 Å². The van der Waals surface area contributed by atoms with Crippen LogP contribution in [0.15, 0.2) is 41.4 Å². The van der Waals surface area contributed by atoms with Crippen LogP contribution in [-0.4, -0.2) is 42.2 Å². The molecular weight excluding hydrogens is 494 g/mol. The molecule has 10 nitrogen and oxygen atoms in total. The van der Waals surface area contributed by atoms with E-state index in [9.17, 15) is 24.5 Å². The van der Waals surface area contributed by atoms with Crippen LogP contribution in [0.1, 0.15) is 55.4 Å². The Labute approximate surface area is 208 Å². The summed E-state index contributed by atoms with van der Waals surface area (Å²) in [6.45, 7) is 5.20. The minimum atomic E-state index is -0.820. The number of carbonyl (C=O) groups is 3. The highest BCUT2D eigenvalue weighted by Gasteiger charge is 2.31. The van der Waals surface area contributed by atoms with E-state index < -0.39 is 22.8 Å². The summed E-state index contributed by atoms with van der Waals surface area (Å²) in [5.74, 6) is -2.12. The van der Waals surface area contributed by atoms with Crippen LogP contribution in [0, 0.1) is 17.0 Å². The predicted molar refractivity (Wildman–Crippen MR) is 134 cm³/mol. The normalized spacial score (nSPS) is 10.8. The van der Waals surface area contributed by atoms with Crippen molar-refractivity contribution in [1.29, 1.82) is 0 Å². The van der Waals surface area contributed by atoms with E-state index in [4.69, 9.17) is 9.47 Å². The number of carbonyl (C=O) groups excluding carboxylic acids is 3. The molecule has 182 valence electrons. The van der Waals surface area contributed by atoms with Crippen molar-refractivity contribution in [2.45, 2.75) is 20.8 Å². The monoisotopic (exact) mass is 515 g/mol. The van der Waals surface area contributed by atoms with E-state index in [2.05, 4.69) is 10.3 Å². The number of anilines is 1. The van der Waals surface area contributed by atoms with Crippen molar-refractivity contribution in [3.05, 3.63) is 73.6 Å². The van der Waals surface area contributed by atoms with E-state index in [1.807, 2.05) is 6.92 Å². The molecule has 0 radical (unpaired) electrons. The first-order valence-electron chi connectivity index (χ1n) is 10.4. The molecule has 2 aromatic heterocycles. The third-order valence-electron chi connectivity index (χ3n) is 4.49. The third-order valence-corrected chi connectivity index (χ3v) is 6.48. The number of amides is 1. The fraction of sp³-hybridized carbons (Fsp3) is 0.217. The molecule has 0 atom stereocenters. The molecule has 12 heteroatoms. The molecule has 0 aliphatic rings. The summed E-state index contributed by atoms with van der Waals surface area (Å²) in [7, 11) is 0. The molecule has 3 aromatic rings. The number of hydrogen-bond acceptors (Lipinski definition) is 10. The van der Waals surface area contributed by atoms with Crippen molar-refractivity contribution < 1.29 is 28.8 Å². The number of hydrogen-bond donors (Lipinski definition) is 1. The molecule has 35 heavy (non-hydrogen) atoms. The minimum Gasteiger partial charge on any atom is -0.462 e. The molecule has 0 spiro atoms. The lowest BCUT2D eigenvalue weighted by Crippen LogP contribution is -2.17. The summed E-state index contributed by atoms with van der Waals surface area (Å²) in [4.78, 5) is 53.7. The lowest BCUT2D eigenvalue weighted by atomic mass is 10.1. The number of aliphatic imine (C=N–C) groups is 1. The second-order valence-electron chi connectivity index (χ2n) is 6.94. The number of nitrogens with one attached hydrogen (secondary N) is 1. The van der Waals surface area contributed by atoms with Crippen molar-refractivity contribution in [1.82, 2.24) is 0 Å². The van der Waals surface area contributed by atoms with Crippen molar-refractivity contribution in [3.63, 3.8) is 0 Å². The van der Waals surface area contributed by atoms with E-state index in [0.717, 1.165) is 28.2 Å². The number of benzene rings is 1. The predicted octanol–water partition coefficient (Wildman–Crippen LogP) is 5.38. The first-order chi connectivity index (χ1) is 16.7. The molecule has 3 rings (SSSR count). The molecule has 0 fully saturated rings. The van der Waals surface area contributed by atoms with Gasteiger partial charge in [-0.1, -0.05) is 40.4 Å². The van der Waals surface area contributed by atoms with Gasteiger partial charge in [0.25, 0.3) is 5.91 Å². The minimum absolute atomic E-state index is 0.0414. The van der Waals surface area contributed by atoms with Crippen molar-refractivity contribution in [2.24, 2.45) is 4.99 Å². The van der Waals surface area contributed by atoms with Gasteiger partial charge >= 0.3 is 16.9 Å². The SMILES string of the molecule is CCOC(=O)c1c(N=Cc2ccc([N+](=O)[O-])s2)sc(NC(=O)c2ccc(C)cc2)c1C(=O)OCC. The fourth-order valence-electron chi connectivity index (χ4n) is 2.90. The van der Waals surface area contributed by atoms with Gasteiger partial charge in [-0.05, 0) is 39.0 Å². The van der Waals surface area contributed by atoms with E-state index in [1.165, 1.54) is 18.3 Å². The average molecular weight is 516 g/mol. The Morgan fingerprint density at radius 3 is 2.20 bits per heavy atom. The van der Waals surface area contributed by atoms with Crippen LogP contribution in [0.25, 0.3) is 0 Å². The number of aryl methyl sites for hydroxylation is 1. The van der Waals surface area contributed by atoms with E-state index in [-0.39, 0.29) is 39.3 Å². The Hall–Kier alpha value is -3.90. The van der Waals surface area contributed by atoms with Crippen LogP contribution in [0.2, 0.25) is 0 Å². The Kier molecular flexibility index (Phi) is 8.44.